The molecule has 1 amide bonds. The van der Waals surface area contributed by atoms with E-state index in [1.54, 1.807) is 23.5 Å². The molecule has 168 valence electrons. The summed E-state index contributed by atoms with van der Waals surface area (Å²) in [6, 6.07) is 7.66. The van der Waals surface area contributed by atoms with Crippen molar-refractivity contribution in [2.45, 2.75) is 31.8 Å². The monoisotopic (exact) mass is 463 g/mol. The fourth-order valence-corrected chi connectivity index (χ4v) is 5.17. The topological polar surface area (TPSA) is 72.1 Å². The molecule has 0 radical (unpaired) electrons. The molecular weight excluding hydrogens is 434 g/mol. The van der Waals surface area contributed by atoms with Gasteiger partial charge in [-0.3, -0.25) is 15.0 Å². The van der Waals surface area contributed by atoms with E-state index in [4.69, 9.17) is 26.4 Å². The summed E-state index contributed by atoms with van der Waals surface area (Å²) in [7, 11) is 4.54. The third-order valence-corrected chi connectivity index (χ3v) is 6.52. The fourth-order valence-electron chi connectivity index (χ4n) is 3.93. The van der Waals surface area contributed by atoms with Crippen molar-refractivity contribution in [3.05, 3.63) is 40.1 Å². The van der Waals surface area contributed by atoms with Crippen molar-refractivity contribution < 1.29 is 19.0 Å². The van der Waals surface area contributed by atoms with Crippen LogP contribution in [0.3, 0.4) is 0 Å². The summed E-state index contributed by atoms with van der Waals surface area (Å²) < 4.78 is 16.0. The van der Waals surface area contributed by atoms with Gasteiger partial charge in [0.05, 0.1) is 27.4 Å². The van der Waals surface area contributed by atoms with Crippen molar-refractivity contribution in [1.82, 2.24) is 15.5 Å². The van der Waals surface area contributed by atoms with Crippen LogP contribution in [-0.2, 0) is 0 Å². The highest BCUT2D eigenvalue weighted by Crippen LogP contribution is 2.38. The number of nitrogens with zero attached hydrogens (tertiary/aromatic N) is 1. The highest BCUT2D eigenvalue weighted by atomic mass is 32.1. The van der Waals surface area contributed by atoms with E-state index in [-0.39, 0.29) is 23.1 Å². The third kappa shape index (κ3) is 5.47. The van der Waals surface area contributed by atoms with E-state index in [1.165, 1.54) is 39.0 Å². The SMILES string of the molecule is COc1cc(C(=O)NC(=S)N[C@H](C)[C@H](c2cccs2)N2CCCC2)cc(OC)c1OC. The molecule has 2 aromatic rings. The molecule has 3 rings (SSSR count). The fraction of sp³-hybridized carbons (Fsp3) is 0.455. The van der Waals surface area contributed by atoms with Crippen molar-refractivity contribution >= 4 is 34.6 Å². The van der Waals surface area contributed by atoms with Gasteiger partial charge in [-0.1, -0.05) is 6.07 Å². The average Bonchev–Trinajstić information content (AvgIpc) is 3.47. The molecule has 1 saturated heterocycles. The minimum absolute atomic E-state index is 0.0319. The quantitative estimate of drug-likeness (QED) is 0.580. The normalized spacial score (nSPS) is 15.7. The lowest BCUT2D eigenvalue weighted by Crippen LogP contribution is -2.48. The largest absolute Gasteiger partial charge is 0.493 e. The van der Waals surface area contributed by atoms with Gasteiger partial charge in [-0.25, -0.2) is 0 Å². The van der Waals surface area contributed by atoms with Crippen molar-refractivity contribution in [3.63, 3.8) is 0 Å². The number of carbonyl (C=O) groups excluding carboxylic acids is 1. The molecular formula is C22H29N3O4S2. The number of thiocarbonyl (C=S) groups is 1. The molecule has 1 aromatic carbocycles. The van der Waals surface area contributed by atoms with Gasteiger partial charge >= 0.3 is 0 Å². The highest BCUT2D eigenvalue weighted by molar-refractivity contribution is 7.80. The highest BCUT2D eigenvalue weighted by Gasteiger charge is 2.29. The molecule has 1 aliphatic heterocycles. The van der Waals surface area contributed by atoms with Gasteiger partial charge in [0.15, 0.2) is 16.6 Å². The number of ether oxygens (including phenoxy) is 3. The Labute approximate surface area is 192 Å². The Kier molecular flexibility index (Phi) is 8.11. The predicted molar refractivity (Wildman–Crippen MR) is 127 cm³/mol. The van der Waals surface area contributed by atoms with Crippen LogP contribution in [0.15, 0.2) is 29.6 Å². The summed E-state index contributed by atoms with van der Waals surface area (Å²) >= 11 is 7.20. The summed E-state index contributed by atoms with van der Waals surface area (Å²) in [5.74, 6) is 0.898. The van der Waals surface area contributed by atoms with Crippen LogP contribution in [0.4, 0.5) is 0 Å². The Hall–Kier alpha value is -2.36. The van der Waals surface area contributed by atoms with Crippen LogP contribution in [0, 0.1) is 0 Å². The summed E-state index contributed by atoms with van der Waals surface area (Å²) in [6.45, 7) is 4.24. The average molecular weight is 464 g/mol. The first-order chi connectivity index (χ1) is 15.0. The second-order valence-electron chi connectivity index (χ2n) is 7.33. The Morgan fingerprint density at radius 1 is 1.13 bits per heavy atom. The molecule has 1 fully saturated rings. The van der Waals surface area contributed by atoms with Gasteiger partial charge in [0.25, 0.3) is 5.91 Å². The first kappa shape index (κ1) is 23.3. The third-order valence-electron chi connectivity index (χ3n) is 5.36. The minimum atomic E-state index is -0.349. The smallest absolute Gasteiger partial charge is 0.257 e. The molecule has 31 heavy (non-hydrogen) atoms. The number of rotatable bonds is 8. The van der Waals surface area contributed by atoms with E-state index >= 15 is 0 Å². The zero-order valence-electron chi connectivity index (χ0n) is 18.3. The number of likely N-dealkylation sites (tertiary alicyclic amines) is 1. The molecule has 0 saturated carbocycles. The summed E-state index contributed by atoms with van der Waals surface area (Å²) in [6.07, 6.45) is 2.41. The Balaban J connectivity index is 1.70. The van der Waals surface area contributed by atoms with E-state index in [2.05, 4.69) is 40.0 Å². The second-order valence-corrected chi connectivity index (χ2v) is 8.72. The maximum Gasteiger partial charge on any atom is 0.257 e. The van der Waals surface area contributed by atoms with Crippen LogP contribution in [-0.4, -0.2) is 56.4 Å². The molecule has 9 heteroatoms. The van der Waals surface area contributed by atoms with Crippen LogP contribution in [0.2, 0.25) is 0 Å². The first-order valence-corrected chi connectivity index (χ1v) is 11.5. The van der Waals surface area contributed by atoms with Gasteiger partial charge in [-0.2, -0.15) is 0 Å². The number of carbonyl (C=O) groups is 1. The van der Waals surface area contributed by atoms with E-state index in [1.807, 2.05) is 0 Å². The lowest BCUT2D eigenvalue weighted by molar-refractivity contribution is 0.0975. The number of benzene rings is 1. The first-order valence-electron chi connectivity index (χ1n) is 10.2. The zero-order chi connectivity index (χ0) is 22.4. The van der Waals surface area contributed by atoms with E-state index < -0.39 is 0 Å². The maximum atomic E-state index is 12.8. The maximum absolute atomic E-state index is 12.8. The lowest BCUT2D eigenvalue weighted by atomic mass is 10.1. The Morgan fingerprint density at radius 3 is 2.29 bits per heavy atom. The number of hydrogen-bond acceptors (Lipinski definition) is 7. The number of thiophene rings is 1. The van der Waals surface area contributed by atoms with E-state index in [0.717, 1.165) is 13.1 Å². The number of hydrogen-bond donors (Lipinski definition) is 2. The molecule has 2 heterocycles. The lowest BCUT2D eigenvalue weighted by Gasteiger charge is -2.33. The van der Waals surface area contributed by atoms with Crippen molar-refractivity contribution in [3.8, 4) is 17.2 Å². The molecule has 0 unspecified atom stereocenters. The molecule has 0 aliphatic carbocycles. The van der Waals surface area contributed by atoms with Crippen LogP contribution < -0.4 is 24.8 Å². The van der Waals surface area contributed by atoms with Gasteiger partial charge in [-0.05, 0) is 68.7 Å². The summed E-state index contributed by atoms with van der Waals surface area (Å²) in [4.78, 5) is 16.6. The Morgan fingerprint density at radius 2 is 1.77 bits per heavy atom. The molecule has 0 bridgehead atoms. The van der Waals surface area contributed by atoms with Crippen molar-refractivity contribution in [1.29, 1.82) is 0 Å². The second kappa shape index (κ2) is 10.8. The molecule has 2 N–H and O–H groups in total. The van der Waals surface area contributed by atoms with Gasteiger partial charge in [0, 0.05) is 16.5 Å². The zero-order valence-corrected chi connectivity index (χ0v) is 19.9. The molecule has 2 atom stereocenters. The van der Waals surface area contributed by atoms with E-state index in [9.17, 15) is 4.79 Å². The number of nitrogens with one attached hydrogen (secondary N) is 2. The molecule has 7 nitrogen and oxygen atoms in total. The standard InChI is InChI=1S/C22H29N3O4S2/c1-14(19(18-8-7-11-31-18)25-9-5-6-10-25)23-22(30)24-21(26)15-12-16(27-2)20(29-4)17(13-15)28-3/h7-8,11-14,19H,5-6,9-10H2,1-4H3,(H2,23,24,26,30)/t14-,19-/m1/s1. The van der Waals surface area contributed by atoms with Crippen molar-refractivity contribution in [2.24, 2.45) is 0 Å². The number of amides is 1. The summed E-state index contributed by atoms with van der Waals surface area (Å²) in [5.41, 5.74) is 0.362. The molecule has 1 aliphatic rings. The van der Waals surface area contributed by atoms with Gasteiger partial charge in [0.1, 0.15) is 0 Å². The van der Waals surface area contributed by atoms with Crippen LogP contribution in [0.25, 0.3) is 0 Å². The van der Waals surface area contributed by atoms with Crippen molar-refractivity contribution in [2.75, 3.05) is 34.4 Å². The van der Waals surface area contributed by atoms with Crippen LogP contribution >= 0.6 is 23.6 Å². The summed E-state index contributed by atoms with van der Waals surface area (Å²) in [5, 5.41) is 8.45. The minimum Gasteiger partial charge on any atom is -0.493 e. The Bertz CT molecular complexity index is 873. The molecule has 1 aromatic heterocycles. The van der Waals surface area contributed by atoms with Crippen LogP contribution in [0.5, 0.6) is 17.2 Å². The molecule has 0 spiro atoms. The van der Waals surface area contributed by atoms with Gasteiger partial charge in [-0.15, -0.1) is 11.3 Å². The number of methoxy groups -OCH3 is 3. The van der Waals surface area contributed by atoms with Crippen LogP contribution in [0.1, 0.15) is 41.0 Å². The van der Waals surface area contributed by atoms with E-state index in [0.29, 0.717) is 22.8 Å². The van der Waals surface area contributed by atoms with Gasteiger partial charge in [0.2, 0.25) is 5.75 Å². The predicted octanol–water partition coefficient (Wildman–Crippen LogP) is 3.60. The van der Waals surface area contributed by atoms with Gasteiger partial charge < -0.3 is 19.5 Å².